The van der Waals surface area contributed by atoms with Gasteiger partial charge in [0.15, 0.2) is 11.6 Å². The smallest absolute Gasteiger partial charge is 0.232 e. The van der Waals surface area contributed by atoms with Gasteiger partial charge in [-0.25, -0.2) is 27.8 Å². The number of pyridine rings is 1. The number of ether oxygens (including phenoxy) is 1. The lowest BCUT2D eigenvalue weighted by atomic mass is 9.93. The number of anilines is 2. The molecule has 4 rings (SSSR count). The van der Waals surface area contributed by atoms with Crippen LogP contribution < -0.4 is 20.1 Å². The lowest BCUT2D eigenvalue weighted by Crippen LogP contribution is -2.38. The number of halogens is 2. The van der Waals surface area contributed by atoms with Gasteiger partial charge < -0.3 is 15.4 Å². The number of rotatable bonds is 10. The Morgan fingerprint density at radius 2 is 2.00 bits per heavy atom. The number of hydrogen-bond acceptors (Lipinski definition) is 9. The van der Waals surface area contributed by atoms with E-state index in [-0.39, 0.29) is 18.3 Å². The van der Waals surface area contributed by atoms with E-state index in [4.69, 9.17) is 10.00 Å². The molecule has 1 aromatic carbocycles. The maximum Gasteiger partial charge on any atom is 0.232 e. The maximum absolute atomic E-state index is 15.0. The van der Waals surface area contributed by atoms with Crippen LogP contribution >= 0.6 is 0 Å². The van der Waals surface area contributed by atoms with E-state index in [0.29, 0.717) is 17.2 Å². The van der Waals surface area contributed by atoms with E-state index in [0.717, 1.165) is 38.1 Å². The van der Waals surface area contributed by atoms with E-state index >= 15 is 0 Å². The summed E-state index contributed by atoms with van der Waals surface area (Å²) in [5.41, 5.74) is -0.566. The van der Waals surface area contributed by atoms with E-state index in [2.05, 4.69) is 25.6 Å². The van der Waals surface area contributed by atoms with Gasteiger partial charge in [-0.15, -0.1) is 0 Å². The minimum Gasteiger partial charge on any atom is -0.435 e. The molecule has 0 saturated carbocycles. The molecule has 13 heteroatoms. The van der Waals surface area contributed by atoms with Crippen LogP contribution in [0.15, 0.2) is 42.7 Å². The topological polar surface area (TPSA) is 142 Å². The highest BCUT2D eigenvalue weighted by molar-refractivity contribution is 7.92. The van der Waals surface area contributed by atoms with Gasteiger partial charge in [-0.3, -0.25) is 4.72 Å². The fourth-order valence-corrected chi connectivity index (χ4v) is 5.23. The zero-order valence-corrected chi connectivity index (χ0v) is 22.4. The van der Waals surface area contributed by atoms with Gasteiger partial charge in [0.1, 0.15) is 0 Å². The molecule has 0 bridgehead atoms. The molecule has 3 aromatic rings. The standard InChI is InChI=1S/C26H29F2N7O3S/c1-26(2,16-29)10-14-39(36,37)35-20-7-8-21(23(28)22(20)27)38-24-18(6-4-12-31-24)19-9-13-32-25(34-19)33-17-5-3-11-30-15-17/h4,6-9,12-13,17,30,35H,3,5,10-11,14-15H2,1-2H3,(H,32,33,34)/t17-/m0/s1. The first kappa shape index (κ1) is 28.1. The van der Waals surface area contributed by atoms with Crippen LogP contribution in [0.4, 0.5) is 20.4 Å². The minimum atomic E-state index is -4.03. The molecule has 1 saturated heterocycles. The fourth-order valence-electron chi connectivity index (χ4n) is 3.86. The number of benzene rings is 1. The molecule has 0 radical (unpaired) electrons. The van der Waals surface area contributed by atoms with Crippen LogP contribution in [0.3, 0.4) is 0 Å². The van der Waals surface area contributed by atoms with Crippen LogP contribution in [0.1, 0.15) is 33.1 Å². The van der Waals surface area contributed by atoms with Crippen molar-refractivity contribution < 1.29 is 21.9 Å². The van der Waals surface area contributed by atoms with Crippen LogP contribution in [0.5, 0.6) is 11.6 Å². The van der Waals surface area contributed by atoms with E-state index in [1.807, 2.05) is 10.8 Å². The highest BCUT2D eigenvalue weighted by atomic mass is 32.2. The molecule has 0 unspecified atom stereocenters. The molecule has 3 N–H and O–H groups in total. The first-order valence-corrected chi connectivity index (χ1v) is 14.1. The molecule has 1 fully saturated rings. The Hall–Kier alpha value is -3.89. The van der Waals surface area contributed by atoms with Crippen molar-refractivity contribution in [3.8, 4) is 29.0 Å². The second-order valence-corrected chi connectivity index (χ2v) is 11.7. The monoisotopic (exact) mass is 557 g/mol. The summed E-state index contributed by atoms with van der Waals surface area (Å²) >= 11 is 0. The second kappa shape index (κ2) is 11.9. The van der Waals surface area contributed by atoms with Gasteiger partial charge in [-0.05, 0) is 70.0 Å². The van der Waals surface area contributed by atoms with Crippen molar-refractivity contribution in [1.82, 2.24) is 20.3 Å². The Morgan fingerprint density at radius 1 is 1.18 bits per heavy atom. The van der Waals surface area contributed by atoms with E-state index in [1.54, 1.807) is 38.2 Å². The van der Waals surface area contributed by atoms with Crippen molar-refractivity contribution in [2.45, 2.75) is 39.2 Å². The minimum absolute atomic E-state index is 0.0183. The zero-order valence-electron chi connectivity index (χ0n) is 21.5. The Balaban J connectivity index is 1.53. The summed E-state index contributed by atoms with van der Waals surface area (Å²) in [5, 5.41) is 15.7. The van der Waals surface area contributed by atoms with Crippen molar-refractivity contribution in [1.29, 1.82) is 5.26 Å². The van der Waals surface area contributed by atoms with Crippen molar-refractivity contribution in [3.63, 3.8) is 0 Å². The van der Waals surface area contributed by atoms with Crippen LogP contribution in [-0.2, 0) is 10.0 Å². The summed E-state index contributed by atoms with van der Waals surface area (Å²) in [5.74, 6) is -3.34. The van der Waals surface area contributed by atoms with Crippen LogP contribution in [0, 0.1) is 28.4 Å². The third-order valence-electron chi connectivity index (χ3n) is 6.15. The number of piperidine rings is 1. The highest BCUT2D eigenvalue weighted by Gasteiger charge is 2.24. The van der Waals surface area contributed by atoms with Gasteiger partial charge in [-0.2, -0.15) is 9.65 Å². The number of sulfonamides is 1. The first-order valence-electron chi connectivity index (χ1n) is 12.4. The summed E-state index contributed by atoms with van der Waals surface area (Å²) in [6.45, 7) is 4.95. The van der Waals surface area contributed by atoms with Gasteiger partial charge in [0, 0.05) is 25.0 Å². The van der Waals surface area contributed by atoms with Gasteiger partial charge in [-0.1, -0.05) is 0 Å². The largest absolute Gasteiger partial charge is 0.435 e. The molecule has 1 aliphatic heterocycles. The summed E-state index contributed by atoms with van der Waals surface area (Å²) in [6, 6.07) is 9.34. The van der Waals surface area contributed by atoms with E-state index in [9.17, 15) is 17.2 Å². The first-order chi connectivity index (χ1) is 18.6. The molecular weight excluding hydrogens is 528 g/mol. The summed E-state index contributed by atoms with van der Waals surface area (Å²) in [6.07, 6.45) is 5.06. The van der Waals surface area contributed by atoms with E-state index in [1.165, 1.54) is 6.20 Å². The molecule has 0 aliphatic carbocycles. The number of nitriles is 1. The van der Waals surface area contributed by atoms with Crippen molar-refractivity contribution in [2.24, 2.45) is 5.41 Å². The molecular formula is C26H29F2N7O3S. The third-order valence-corrected chi connectivity index (χ3v) is 7.42. The summed E-state index contributed by atoms with van der Waals surface area (Å²) in [4.78, 5) is 13.0. The number of nitrogens with zero attached hydrogens (tertiary/aromatic N) is 4. The highest BCUT2D eigenvalue weighted by Crippen LogP contribution is 2.34. The Kier molecular flexibility index (Phi) is 8.57. The lowest BCUT2D eigenvalue weighted by Gasteiger charge is -2.23. The number of nitrogens with one attached hydrogen (secondary N) is 3. The molecule has 1 aliphatic rings. The predicted molar refractivity (Wildman–Crippen MR) is 143 cm³/mol. The molecule has 2 aromatic heterocycles. The van der Waals surface area contributed by atoms with Crippen molar-refractivity contribution in [3.05, 3.63) is 54.4 Å². The maximum atomic E-state index is 15.0. The van der Waals surface area contributed by atoms with Crippen LogP contribution in [0.25, 0.3) is 11.3 Å². The van der Waals surface area contributed by atoms with Gasteiger partial charge >= 0.3 is 0 Å². The number of aromatic nitrogens is 3. The lowest BCUT2D eigenvalue weighted by molar-refractivity contribution is 0.407. The Bertz CT molecular complexity index is 1470. The van der Waals surface area contributed by atoms with Gasteiger partial charge in [0.05, 0.1) is 34.2 Å². The van der Waals surface area contributed by atoms with Crippen molar-refractivity contribution in [2.75, 3.05) is 28.9 Å². The van der Waals surface area contributed by atoms with Gasteiger partial charge in [0.25, 0.3) is 0 Å². The van der Waals surface area contributed by atoms with Crippen LogP contribution in [-0.4, -0.2) is 48.3 Å². The normalized spacial score (nSPS) is 15.8. The predicted octanol–water partition coefficient (Wildman–Crippen LogP) is 4.45. The molecule has 3 heterocycles. The van der Waals surface area contributed by atoms with Crippen LogP contribution in [0.2, 0.25) is 0 Å². The Labute approximate surface area is 225 Å². The zero-order chi connectivity index (χ0) is 28.0. The Morgan fingerprint density at radius 3 is 2.74 bits per heavy atom. The molecule has 206 valence electrons. The van der Waals surface area contributed by atoms with Crippen molar-refractivity contribution >= 4 is 21.7 Å². The molecule has 10 nitrogen and oxygen atoms in total. The second-order valence-electron chi connectivity index (χ2n) is 9.82. The van der Waals surface area contributed by atoms with Gasteiger partial charge in [0.2, 0.25) is 27.7 Å². The molecule has 1 atom stereocenters. The fraction of sp³-hybridized carbons (Fsp3) is 0.385. The molecule has 0 amide bonds. The third kappa shape index (κ3) is 7.36. The quantitative estimate of drug-likeness (QED) is 0.329. The average Bonchev–Trinajstić information content (AvgIpc) is 2.93. The molecule has 39 heavy (non-hydrogen) atoms. The molecule has 0 spiro atoms. The number of hydrogen-bond donors (Lipinski definition) is 3. The average molecular weight is 558 g/mol. The summed E-state index contributed by atoms with van der Waals surface area (Å²) in [7, 11) is -4.03. The van der Waals surface area contributed by atoms with E-state index < -0.39 is 44.3 Å². The SMILES string of the molecule is CC(C)(C#N)CCS(=O)(=O)Nc1ccc(Oc2ncccc2-c2ccnc(N[C@H]3CCCNC3)n2)c(F)c1F. The summed E-state index contributed by atoms with van der Waals surface area (Å²) < 4.78 is 62.2.